The van der Waals surface area contributed by atoms with Crippen molar-refractivity contribution < 1.29 is 38.6 Å². The van der Waals surface area contributed by atoms with Crippen LogP contribution in [0.1, 0.15) is 40.3 Å². The second kappa shape index (κ2) is 17.9. The average molecular weight is 719 g/mol. The van der Waals surface area contributed by atoms with Crippen LogP contribution in [-0.2, 0) is 37.3 Å². The van der Waals surface area contributed by atoms with E-state index in [0.29, 0.717) is 49.1 Å². The molecular weight excluding hydrogens is 674 g/mol. The van der Waals surface area contributed by atoms with Gasteiger partial charge in [0.15, 0.2) is 56.8 Å². The maximum Gasteiger partial charge on any atom is 0.488 e. The summed E-state index contributed by atoms with van der Waals surface area (Å²) in [7, 11) is -3.12. The quantitative estimate of drug-likeness (QED) is 0.0627. The largest absolute Gasteiger partial charge is 0.488 e. The van der Waals surface area contributed by atoms with Gasteiger partial charge in [-0.25, -0.2) is 13.7 Å². The first-order chi connectivity index (χ1) is 26.1. The summed E-state index contributed by atoms with van der Waals surface area (Å²) in [4.78, 5) is 11.7. The Bertz CT molecular complexity index is 2200. The zero-order valence-corrected chi connectivity index (χ0v) is 30.4. The molecule has 11 heteroatoms. The van der Waals surface area contributed by atoms with E-state index in [2.05, 4.69) is 81.7 Å². The molecule has 0 spiro atoms. The third-order valence-corrected chi connectivity index (χ3v) is 9.25. The highest BCUT2D eigenvalue weighted by Gasteiger charge is 2.18. The monoisotopic (exact) mass is 719 g/mol. The predicted molar refractivity (Wildman–Crippen MR) is 210 cm³/mol. The van der Waals surface area contributed by atoms with E-state index in [1.165, 1.54) is 0 Å². The Labute approximate surface area is 317 Å². The van der Waals surface area contributed by atoms with Gasteiger partial charge >= 0.3 is 14.2 Å². The van der Waals surface area contributed by atoms with Gasteiger partial charge in [0, 0.05) is 65.2 Å². The van der Waals surface area contributed by atoms with Crippen molar-refractivity contribution in [3.05, 3.63) is 186 Å². The molecule has 0 saturated carbocycles. The van der Waals surface area contributed by atoms with Crippen molar-refractivity contribution in [3.63, 3.8) is 0 Å². The highest BCUT2D eigenvalue weighted by Crippen LogP contribution is 2.17. The van der Waals surface area contributed by atoms with Gasteiger partial charge < -0.3 is 25.4 Å². The molecular formula is C43H45B2N4O5+3. The number of hydrogen-bond acceptors (Lipinski definition) is 5. The fourth-order valence-corrected chi connectivity index (χ4v) is 6.47. The molecule has 0 atom stereocenters. The van der Waals surface area contributed by atoms with E-state index in [1.54, 1.807) is 6.92 Å². The Balaban J connectivity index is 1.09. The van der Waals surface area contributed by atoms with Gasteiger partial charge in [-0.2, -0.15) is 0 Å². The molecule has 6 rings (SSSR count). The summed E-state index contributed by atoms with van der Waals surface area (Å²) in [6, 6.07) is 33.9. The molecule has 6 aromatic rings. The van der Waals surface area contributed by atoms with Crippen LogP contribution in [0.3, 0.4) is 0 Å². The van der Waals surface area contributed by atoms with Crippen molar-refractivity contribution in [1.29, 1.82) is 0 Å². The summed E-state index contributed by atoms with van der Waals surface area (Å²) in [5.74, 6) is -0.137. The molecule has 1 amide bonds. The van der Waals surface area contributed by atoms with Gasteiger partial charge in [0.25, 0.3) is 0 Å². The normalized spacial score (nSPS) is 10.9. The van der Waals surface area contributed by atoms with Gasteiger partial charge in [-0.05, 0) is 70.6 Å². The first kappa shape index (κ1) is 38.0. The number of benzene rings is 3. The Kier molecular flexibility index (Phi) is 12.6. The number of amides is 1. The van der Waals surface area contributed by atoms with Crippen LogP contribution in [0.4, 0.5) is 0 Å². The number of rotatable bonds is 15. The van der Waals surface area contributed by atoms with Crippen LogP contribution >= 0.6 is 0 Å². The topological polar surface area (TPSA) is 122 Å². The SMILES string of the molecule is C=C(C)C(=O)NCCc1ccc(Cc2cc(C[n+]3ccc(-c4cc[n+](Cc5cc(C[n+]6ccccc6)cc(B(O)O)c5)cc4)cc3)cc(B(O)O)c2)cc1. The molecule has 3 aromatic heterocycles. The molecule has 0 aliphatic heterocycles. The Hall–Kier alpha value is -5.71. The van der Waals surface area contributed by atoms with Crippen LogP contribution in [0.15, 0.2) is 152 Å². The minimum Gasteiger partial charge on any atom is -0.423 e. The van der Waals surface area contributed by atoms with E-state index in [-0.39, 0.29) is 5.91 Å². The minimum atomic E-state index is -1.57. The number of carbonyl (C=O) groups is 1. The van der Waals surface area contributed by atoms with E-state index in [9.17, 15) is 24.9 Å². The van der Waals surface area contributed by atoms with Crippen molar-refractivity contribution in [2.45, 2.75) is 39.4 Å². The standard InChI is InChI=1S/C43H44B2N4O5/c1-32(2)43(50)46-15-10-33-6-8-34(9-7-33)22-35-23-36(26-41(25-35)44(51)52)30-48-18-11-39(12-19-48)40-13-20-49(21-14-40)31-38-24-37(27-42(28-38)45(53)54)29-47-16-4-3-5-17-47/h3-9,11-14,16-21,23-28,51-54H,1,10,15,22,29-31H2,2H3/q+2/p+1. The van der Waals surface area contributed by atoms with Crippen molar-refractivity contribution in [1.82, 2.24) is 5.32 Å². The molecule has 3 aromatic carbocycles. The third kappa shape index (κ3) is 10.7. The van der Waals surface area contributed by atoms with Crippen LogP contribution in [0.25, 0.3) is 11.1 Å². The number of pyridine rings is 3. The lowest BCUT2D eigenvalue weighted by molar-refractivity contribution is -0.689. The van der Waals surface area contributed by atoms with Gasteiger partial charge in [-0.3, -0.25) is 4.79 Å². The van der Waals surface area contributed by atoms with Crippen molar-refractivity contribution in [2.24, 2.45) is 0 Å². The molecule has 0 saturated heterocycles. The van der Waals surface area contributed by atoms with Gasteiger partial charge in [0.2, 0.25) is 5.91 Å². The molecule has 54 heavy (non-hydrogen) atoms. The summed E-state index contributed by atoms with van der Waals surface area (Å²) in [6.45, 7) is 7.66. The van der Waals surface area contributed by atoms with Gasteiger partial charge in [-0.1, -0.05) is 61.2 Å². The number of nitrogens with zero attached hydrogens (tertiary/aromatic N) is 3. The highest BCUT2D eigenvalue weighted by molar-refractivity contribution is 6.59. The maximum absolute atomic E-state index is 11.7. The first-order valence-corrected chi connectivity index (χ1v) is 18.0. The predicted octanol–water partition coefficient (Wildman–Crippen LogP) is 1.55. The van der Waals surface area contributed by atoms with Gasteiger partial charge in [0.05, 0.1) is 0 Å². The lowest BCUT2D eigenvalue weighted by Gasteiger charge is -2.10. The average Bonchev–Trinajstić information content (AvgIpc) is 3.16. The maximum atomic E-state index is 11.7. The number of nitrogens with one attached hydrogen (secondary N) is 1. The molecule has 0 radical (unpaired) electrons. The Morgan fingerprint density at radius 1 is 0.574 bits per heavy atom. The smallest absolute Gasteiger partial charge is 0.423 e. The van der Waals surface area contributed by atoms with Crippen LogP contribution in [-0.4, -0.2) is 46.8 Å². The summed E-state index contributed by atoms with van der Waals surface area (Å²) in [5, 5.41) is 42.8. The van der Waals surface area contributed by atoms with Crippen molar-refractivity contribution in [3.8, 4) is 11.1 Å². The molecule has 0 aliphatic carbocycles. The molecule has 5 N–H and O–H groups in total. The molecule has 270 valence electrons. The summed E-state index contributed by atoms with van der Waals surface area (Å²) >= 11 is 0. The Morgan fingerprint density at radius 3 is 1.46 bits per heavy atom. The zero-order valence-electron chi connectivity index (χ0n) is 30.4. The van der Waals surface area contributed by atoms with E-state index in [0.717, 1.165) is 50.9 Å². The van der Waals surface area contributed by atoms with Crippen LogP contribution in [0, 0.1) is 0 Å². The third-order valence-electron chi connectivity index (χ3n) is 9.25. The van der Waals surface area contributed by atoms with Crippen LogP contribution in [0.2, 0.25) is 0 Å². The van der Waals surface area contributed by atoms with Crippen molar-refractivity contribution >= 4 is 31.1 Å². The minimum absolute atomic E-state index is 0.137. The van der Waals surface area contributed by atoms with Crippen LogP contribution in [0.5, 0.6) is 0 Å². The fraction of sp³-hybridized carbons (Fsp3) is 0.163. The molecule has 3 heterocycles. The molecule has 0 unspecified atom stereocenters. The first-order valence-electron chi connectivity index (χ1n) is 18.0. The summed E-state index contributed by atoms with van der Waals surface area (Å²) in [5.41, 5.74) is 9.67. The van der Waals surface area contributed by atoms with E-state index < -0.39 is 14.2 Å². The fourth-order valence-electron chi connectivity index (χ4n) is 6.47. The van der Waals surface area contributed by atoms with E-state index in [4.69, 9.17) is 0 Å². The Morgan fingerprint density at radius 2 is 1.00 bits per heavy atom. The lowest BCUT2D eigenvalue weighted by Crippen LogP contribution is -2.37. The van der Waals surface area contributed by atoms with Gasteiger partial charge in [-0.15, -0.1) is 0 Å². The summed E-state index contributed by atoms with van der Waals surface area (Å²) < 4.78 is 6.18. The molecule has 0 bridgehead atoms. The second-order valence-electron chi connectivity index (χ2n) is 13.8. The van der Waals surface area contributed by atoms with Crippen molar-refractivity contribution in [2.75, 3.05) is 6.54 Å². The molecule has 9 nitrogen and oxygen atoms in total. The molecule has 0 aliphatic rings. The summed E-state index contributed by atoms with van der Waals surface area (Å²) in [6.07, 6.45) is 13.4. The number of aromatic nitrogens is 3. The van der Waals surface area contributed by atoms with E-state index in [1.807, 2.05) is 84.2 Å². The highest BCUT2D eigenvalue weighted by atomic mass is 16.4. The lowest BCUT2D eigenvalue weighted by atomic mass is 9.78. The zero-order chi connectivity index (χ0) is 38.0. The van der Waals surface area contributed by atoms with Gasteiger partial charge in [0.1, 0.15) is 0 Å². The molecule has 0 fully saturated rings. The number of hydrogen-bond donors (Lipinski definition) is 5. The van der Waals surface area contributed by atoms with Crippen LogP contribution < -0.4 is 29.9 Å². The van der Waals surface area contributed by atoms with E-state index >= 15 is 0 Å². The second-order valence-corrected chi connectivity index (χ2v) is 13.8. The number of carbonyl (C=O) groups excluding carboxylic acids is 1.